The molecule has 0 aliphatic heterocycles. The van der Waals surface area contributed by atoms with Crippen molar-refractivity contribution in [1.82, 2.24) is 15.0 Å². The maximum absolute atomic E-state index is 13.5. The lowest BCUT2D eigenvalue weighted by Gasteiger charge is -2.04. The molecule has 0 unspecified atom stereocenters. The summed E-state index contributed by atoms with van der Waals surface area (Å²) in [6.07, 6.45) is 0.113. The largest absolute Gasteiger partial charge is 0.358 e. The predicted octanol–water partition coefficient (Wildman–Crippen LogP) is 2.44. The summed E-state index contributed by atoms with van der Waals surface area (Å²) in [7, 11) is -2.12. The number of halogens is 1. The number of fused-ring (bicyclic) bond motifs is 1. The number of hydrogen-bond donors (Lipinski definition) is 3. The Labute approximate surface area is 154 Å². The zero-order valence-corrected chi connectivity index (χ0v) is 15.9. The molecule has 3 N–H and O–H groups in total. The second-order valence-electron chi connectivity index (χ2n) is 5.80. The molecule has 9 heteroatoms. The monoisotopic (exact) mass is 395 g/mol. The lowest BCUT2D eigenvalue weighted by atomic mass is 10.1. The minimum Gasteiger partial charge on any atom is -0.358 e. The van der Waals surface area contributed by atoms with E-state index in [0.29, 0.717) is 5.39 Å². The van der Waals surface area contributed by atoms with Crippen LogP contribution >= 0.6 is 11.3 Å². The van der Waals surface area contributed by atoms with Crippen molar-refractivity contribution in [3.05, 3.63) is 52.3 Å². The first kappa shape index (κ1) is 18.6. The number of carbonyl (C=O) groups is 1. The van der Waals surface area contributed by atoms with Crippen LogP contribution in [0.4, 0.5) is 4.39 Å². The number of H-pyrrole nitrogens is 1. The highest BCUT2D eigenvalue weighted by Crippen LogP contribution is 2.24. The Morgan fingerprint density at radius 2 is 2.04 bits per heavy atom. The lowest BCUT2D eigenvalue weighted by molar-refractivity contribution is -0.120. The molecular weight excluding hydrogens is 377 g/mol. The van der Waals surface area contributed by atoms with Crippen LogP contribution in [0.3, 0.4) is 0 Å². The second kappa shape index (κ2) is 7.18. The molecule has 0 bridgehead atoms. The third-order valence-corrected chi connectivity index (χ3v) is 7.04. The number of thiophene rings is 1. The third kappa shape index (κ3) is 3.79. The number of amides is 1. The molecule has 0 aliphatic rings. The van der Waals surface area contributed by atoms with Gasteiger partial charge < -0.3 is 10.3 Å². The molecule has 2 aromatic heterocycles. The maximum Gasteiger partial charge on any atom is 0.249 e. The molecule has 0 radical (unpaired) electrons. The van der Waals surface area contributed by atoms with Crippen LogP contribution in [0.25, 0.3) is 10.9 Å². The van der Waals surface area contributed by atoms with Crippen LogP contribution in [0.5, 0.6) is 0 Å². The second-order valence-corrected chi connectivity index (χ2v) is 9.08. The maximum atomic E-state index is 13.5. The van der Waals surface area contributed by atoms with Crippen molar-refractivity contribution < 1.29 is 17.6 Å². The van der Waals surface area contributed by atoms with Crippen molar-refractivity contribution >= 4 is 38.2 Å². The molecule has 0 spiro atoms. The molecule has 3 aromatic rings. The fourth-order valence-electron chi connectivity index (χ4n) is 2.69. The number of carbonyl (C=O) groups excluding carboxylic acids is 1. The van der Waals surface area contributed by atoms with Gasteiger partial charge in [-0.1, -0.05) is 0 Å². The molecule has 0 saturated heterocycles. The SMILES string of the molecule is CNS(=O)(=O)c1ccc(CNC(=O)Cc2c(C)[nH]c3ccc(F)cc23)s1. The number of nitrogens with one attached hydrogen (secondary N) is 3. The third-order valence-electron chi connectivity index (χ3n) is 4.05. The van der Waals surface area contributed by atoms with Crippen LogP contribution in [0, 0.1) is 12.7 Å². The minimum absolute atomic E-state index is 0.113. The zero-order chi connectivity index (χ0) is 18.9. The molecular formula is C17H18FN3O3S2. The lowest BCUT2D eigenvalue weighted by Crippen LogP contribution is -2.24. The molecule has 1 amide bonds. The Bertz CT molecular complexity index is 1070. The van der Waals surface area contributed by atoms with Gasteiger partial charge in [0.15, 0.2) is 0 Å². The summed E-state index contributed by atoms with van der Waals surface area (Å²) < 4.78 is 39.4. The molecule has 6 nitrogen and oxygen atoms in total. The number of aryl methyl sites for hydroxylation is 1. The van der Waals surface area contributed by atoms with E-state index in [1.165, 1.54) is 25.2 Å². The Morgan fingerprint density at radius 1 is 1.27 bits per heavy atom. The van der Waals surface area contributed by atoms with Crippen molar-refractivity contribution in [2.75, 3.05) is 7.05 Å². The molecule has 2 heterocycles. The Kier molecular flexibility index (Phi) is 5.12. The van der Waals surface area contributed by atoms with Gasteiger partial charge in [0.1, 0.15) is 10.0 Å². The number of aromatic nitrogens is 1. The number of hydrogen-bond acceptors (Lipinski definition) is 4. The average Bonchev–Trinajstić information content (AvgIpc) is 3.19. The first-order valence-electron chi connectivity index (χ1n) is 7.86. The summed E-state index contributed by atoms with van der Waals surface area (Å²) in [5.74, 6) is -0.570. The highest BCUT2D eigenvalue weighted by molar-refractivity contribution is 7.91. The van der Waals surface area contributed by atoms with Gasteiger partial charge in [-0.05, 0) is 49.9 Å². The average molecular weight is 395 g/mol. The van der Waals surface area contributed by atoms with Crippen LogP contribution in [0.2, 0.25) is 0 Å². The highest BCUT2D eigenvalue weighted by atomic mass is 32.2. The van der Waals surface area contributed by atoms with Gasteiger partial charge in [-0.25, -0.2) is 17.5 Å². The van der Waals surface area contributed by atoms with Crippen LogP contribution < -0.4 is 10.0 Å². The summed E-state index contributed by atoms with van der Waals surface area (Å²) in [5, 5.41) is 3.47. The molecule has 0 atom stereocenters. The highest BCUT2D eigenvalue weighted by Gasteiger charge is 2.16. The van der Waals surface area contributed by atoms with Gasteiger partial charge in [-0.15, -0.1) is 11.3 Å². The van der Waals surface area contributed by atoms with Gasteiger partial charge in [0.25, 0.3) is 0 Å². The van der Waals surface area contributed by atoms with Gasteiger partial charge in [0.2, 0.25) is 15.9 Å². The van der Waals surface area contributed by atoms with Crippen LogP contribution in [0.1, 0.15) is 16.1 Å². The summed E-state index contributed by atoms with van der Waals surface area (Å²) in [6, 6.07) is 7.60. The van der Waals surface area contributed by atoms with E-state index in [0.717, 1.165) is 33.0 Å². The van der Waals surface area contributed by atoms with Crippen LogP contribution in [-0.2, 0) is 27.8 Å². The normalized spacial score (nSPS) is 11.8. The molecule has 3 rings (SSSR count). The van der Waals surface area contributed by atoms with Crippen molar-refractivity contribution in [2.24, 2.45) is 0 Å². The number of aromatic amines is 1. The van der Waals surface area contributed by atoms with Crippen LogP contribution in [-0.4, -0.2) is 26.4 Å². The summed E-state index contributed by atoms with van der Waals surface area (Å²) in [4.78, 5) is 16.2. The topological polar surface area (TPSA) is 91.1 Å². The van der Waals surface area contributed by atoms with E-state index in [4.69, 9.17) is 0 Å². The van der Waals surface area contributed by atoms with Gasteiger partial charge >= 0.3 is 0 Å². The fraction of sp³-hybridized carbons (Fsp3) is 0.235. The van der Waals surface area contributed by atoms with E-state index < -0.39 is 10.0 Å². The zero-order valence-electron chi connectivity index (χ0n) is 14.2. The Balaban J connectivity index is 1.69. The summed E-state index contributed by atoms with van der Waals surface area (Å²) in [5.41, 5.74) is 2.35. The molecule has 0 aliphatic carbocycles. The number of rotatable bonds is 6. The van der Waals surface area contributed by atoms with Crippen LogP contribution in [0.15, 0.2) is 34.5 Å². The quantitative estimate of drug-likeness (QED) is 0.599. The summed E-state index contributed by atoms with van der Waals surface area (Å²) >= 11 is 1.10. The van der Waals surface area contributed by atoms with E-state index in [9.17, 15) is 17.6 Å². The van der Waals surface area contributed by atoms with E-state index in [-0.39, 0.29) is 28.9 Å². The van der Waals surface area contributed by atoms with Gasteiger partial charge in [0, 0.05) is 21.5 Å². The van der Waals surface area contributed by atoms with E-state index >= 15 is 0 Å². The fourth-order valence-corrected chi connectivity index (χ4v) is 4.82. The molecule has 1 aromatic carbocycles. The van der Waals surface area contributed by atoms with Crippen molar-refractivity contribution in [3.8, 4) is 0 Å². The van der Waals surface area contributed by atoms with E-state index in [1.807, 2.05) is 6.92 Å². The van der Waals surface area contributed by atoms with E-state index in [1.54, 1.807) is 12.1 Å². The van der Waals surface area contributed by atoms with Crippen molar-refractivity contribution in [3.63, 3.8) is 0 Å². The van der Waals surface area contributed by atoms with E-state index in [2.05, 4.69) is 15.0 Å². The Morgan fingerprint density at radius 3 is 2.77 bits per heavy atom. The standard InChI is InChI=1S/C17H18FN3O3S2/c1-10-13(14-7-11(18)3-5-15(14)21-10)8-16(22)20-9-12-4-6-17(25-12)26(23,24)19-2/h3-7,19,21H,8-9H2,1-2H3,(H,20,22). The number of benzene rings is 1. The van der Waals surface area contributed by atoms with Gasteiger partial charge in [-0.3, -0.25) is 4.79 Å². The molecule has 26 heavy (non-hydrogen) atoms. The molecule has 0 fully saturated rings. The molecule has 138 valence electrons. The summed E-state index contributed by atoms with van der Waals surface area (Å²) in [6.45, 7) is 2.08. The minimum atomic E-state index is -3.47. The van der Waals surface area contributed by atoms with Gasteiger partial charge in [-0.2, -0.15) is 0 Å². The Hall–Kier alpha value is -2.23. The predicted molar refractivity (Wildman–Crippen MR) is 99.1 cm³/mol. The molecule has 0 saturated carbocycles. The van der Waals surface area contributed by atoms with Crippen molar-refractivity contribution in [2.45, 2.75) is 24.1 Å². The number of sulfonamides is 1. The van der Waals surface area contributed by atoms with Crippen molar-refractivity contribution in [1.29, 1.82) is 0 Å². The van der Waals surface area contributed by atoms with Gasteiger partial charge in [0.05, 0.1) is 13.0 Å². The smallest absolute Gasteiger partial charge is 0.249 e. The first-order valence-corrected chi connectivity index (χ1v) is 10.2. The first-order chi connectivity index (χ1) is 12.3.